The fraction of sp³-hybridized carbons (Fsp3) is 0.562. The topological polar surface area (TPSA) is 94.0 Å². The third-order valence-corrected chi connectivity index (χ3v) is 4.52. The number of rotatable bonds is 3. The highest BCUT2D eigenvalue weighted by molar-refractivity contribution is 6.06. The fourth-order valence-corrected chi connectivity index (χ4v) is 3.32. The normalized spacial score (nSPS) is 22.0. The molecule has 1 aliphatic carbocycles. The molecule has 2 heterocycles. The number of nitrogens with two attached hydrogens (primary N) is 1. The van der Waals surface area contributed by atoms with Gasteiger partial charge in [-0.1, -0.05) is 18.0 Å². The molecule has 3 N–H and O–H groups in total. The van der Waals surface area contributed by atoms with Gasteiger partial charge in [-0.2, -0.15) is 0 Å². The predicted octanol–water partition coefficient (Wildman–Crippen LogP) is 2.09. The van der Waals surface area contributed by atoms with Crippen LogP contribution < -0.4 is 11.1 Å². The lowest BCUT2D eigenvalue weighted by molar-refractivity contribution is 0.0909. The largest absolute Gasteiger partial charge is 0.349 e. The van der Waals surface area contributed by atoms with Crippen LogP contribution in [0.3, 0.4) is 0 Å². The summed E-state index contributed by atoms with van der Waals surface area (Å²) < 4.78 is 5.19. The zero-order valence-electron chi connectivity index (χ0n) is 13.1. The van der Waals surface area contributed by atoms with Crippen molar-refractivity contribution in [3.05, 3.63) is 23.0 Å². The zero-order valence-corrected chi connectivity index (χ0v) is 13.1. The van der Waals surface area contributed by atoms with Crippen molar-refractivity contribution in [3.8, 4) is 0 Å². The average Bonchev–Trinajstić information content (AvgIpc) is 2.88. The first-order chi connectivity index (χ1) is 10.6. The Morgan fingerprint density at radius 2 is 2.18 bits per heavy atom. The van der Waals surface area contributed by atoms with Crippen LogP contribution in [0, 0.1) is 19.8 Å². The van der Waals surface area contributed by atoms with Gasteiger partial charge < -0.3 is 15.6 Å². The van der Waals surface area contributed by atoms with E-state index < -0.39 is 0 Å². The molecule has 6 heteroatoms. The van der Waals surface area contributed by atoms with E-state index in [0.717, 1.165) is 25.0 Å². The summed E-state index contributed by atoms with van der Waals surface area (Å²) in [4.78, 5) is 17.0. The van der Waals surface area contributed by atoms with E-state index in [2.05, 4.69) is 15.5 Å². The summed E-state index contributed by atoms with van der Waals surface area (Å²) in [5, 5.41) is 7.77. The summed E-state index contributed by atoms with van der Waals surface area (Å²) in [6.45, 7) is 4.28. The van der Waals surface area contributed by atoms with Gasteiger partial charge in [0.05, 0.1) is 16.6 Å². The van der Waals surface area contributed by atoms with Crippen LogP contribution in [0.4, 0.5) is 0 Å². The van der Waals surface area contributed by atoms with Crippen molar-refractivity contribution in [2.45, 2.75) is 45.6 Å². The SMILES string of the molecule is Cc1cc(C(=O)NC2CCCCC2CN)c2c(C)noc2n1. The number of nitrogens with one attached hydrogen (secondary N) is 1. The van der Waals surface area contributed by atoms with Crippen LogP contribution in [0.2, 0.25) is 0 Å². The minimum absolute atomic E-state index is 0.0906. The summed E-state index contributed by atoms with van der Waals surface area (Å²) >= 11 is 0. The first-order valence-corrected chi connectivity index (χ1v) is 7.84. The van der Waals surface area contributed by atoms with Crippen molar-refractivity contribution in [1.29, 1.82) is 0 Å². The van der Waals surface area contributed by atoms with E-state index in [4.69, 9.17) is 10.3 Å². The molecule has 22 heavy (non-hydrogen) atoms. The summed E-state index contributed by atoms with van der Waals surface area (Å²) in [5.41, 5.74) is 8.28. The molecule has 6 nitrogen and oxygen atoms in total. The number of carbonyl (C=O) groups is 1. The number of hydrogen-bond donors (Lipinski definition) is 2. The van der Waals surface area contributed by atoms with Crippen LogP contribution in [0.25, 0.3) is 11.1 Å². The lowest BCUT2D eigenvalue weighted by atomic mass is 9.84. The highest BCUT2D eigenvalue weighted by Gasteiger charge is 2.27. The van der Waals surface area contributed by atoms with E-state index in [1.807, 2.05) is 13.8 Å². The molecule has 1 amide bonds. The molecule has 2 aromatic rings. The van der Waals surface area contributed by atoms with E-state index in [1.165, 1.54) is 6.42 Å². The molecular weight excluding hydrogens is 280 g/mol. The third kappa shape index (κ3) is 2.70. The van der Waals surface area contributed by atoms with Gasteiger partial charge in [-0.05, 0) is 45.2 Å². The molecule has 2 atom stereocenters. The van der Waals surface area contributed by atoms with Crippen LogP contribution in [-0.4, -0.2) is 28.6 Å². The molecular formula is C16H22N4O2. The van der Waals surface area contributed by atoms with Crippen LogP contribution in [0.1, 0.15) is 47.4 Å². The Balaban J connectivity index is 1.90. The van der Waals surface area contributed by atoms with E-state index in [0.29, 0.717) is 34.8 Å². The number of nitrogens with zero attached hydrogens (tertiary/aromatic N) is 2. The molecule has 1 fully saturated rings. The number of carbonyl (C=O) groups excluding carboxylic acids is 1. The fourth-order valence-electron chi connectivity index (χ4n) is 3.32. The second kappa shape index (κ2) is 6.04. The highest BCUT2D eigenvalue weighted by atomic mass is 16.5. The van der Waals surface area contributed by atoms with Crippen molar-refractivity contribution in [1.82, 2.24) is 15.5 Å². The van der Waals surface area contributed by atoms with Gasteiger partial charge in [-0.15, -0.1) is 0 Å². The lowest BCUT2D eigenvalue weighted by Gasteiger charge is -2.31. The maximum atomic E-state index is 12.7. The molecule has 0 saturated heterocycles. The molecule has 118 valence electrons. The van der Waals surface area contributed by atoms with Crippen molar-refractivity contribution in [2.75, 3.05) is 6.54 Å². The van der Waals surface area contributed by atoms with E-state index in [-0.39, 0.29) is 11.9 Å². The smallest absolute Gasteiger partial charge is 0.258 e. The van der Waals surface area contributed by atoms with E-state index >= 15 is 0 Å². The molecule has 0 aliphatic heterocycles. The average molecular weight is 302 g/mol. The molecule has 0 radical (unpaired) electrons. The minimum atomic E-state index is -0.0906. The second-order valence-corrected chi connectivity index (χ2v) is 6.12. The summed E-state index contributed by atoms with van der Waals surface area (Å²) in [6, 6.07) is 1.94. The van der Waals surface area contributed by atoms with Gasteiger partial charge in [0.25, 0.3) is 11.6 Å². The van der Waals surface area contributed by atoms with Crippen LogP contribution >= 0.6 is 0 Å². The van der Waals surface area contributed by atoms with Gasteiger partial charge >= 0.3 is 0 Å². The van der Waals surface area contributed by atoms with Crippen molar-refractivity contribution < 1.29 is 9.32 Å². The summed E-state index contributed by atoms with van der Waals surface area (Å²) in [5.74, 6) is 0.270. The van der Waals surface area contributed by atoms with Gasteiger partial charge in [0.2, 0.25) is 0 Å². The van der Waals surface area contributed by atoms with Gasteiger partial charge in [0.15, 0.2) is 0 Å². The van der Waals surface area contributed by atoms with Crippen molar-refractivity contribution in [3.63, 3.8) is 0 Å². The first-order valence-electron chi connectivity index (χ1n) is 7.84. The van der Waals surface area contributed by atoms with Crippen molar-refractivity contribution >= 4 is 17.0 Å². The van der Waals surface area contributed by atoms with Crippen LogP contribution in [-0.2, 0) is 0 Å². The first kappa shape index (κ1) is 15.0. The number of aryl methyl sites for hydroxylation is 2. The van der Waals surface area contributed by atoms with Gasteiger partial charge in [-0.25, -0.2) is 4.98 Å². The van der Waals surface area contributed by atoms with Crippen LogP contribution in [0.5, 0.6) is 0 Å². The number of aromatic nitrogens is 2. The molecule has 2 aromatic heterocycles. The Bertz CT molecular complexity index is 695. The van der Waals surface area contributed by atoms with Crippen molar-refractivity contribution in [2.24, 2.45) is 11.7 Å². The van der Waals surface area contributed by atoms with Crippen LogP contribution in [0.15, 0.2) is 10.6 Å². The molecule has 2 unspecified atom stereocenters. The standard InChI is InChI=1S/C16H22N4O2/c1-9-7-12(14-10(2)20-22-16(14)18-9)15(21)19-13-6-4-3-5-11(13)8-17/h7,11,13H,3-6,8,17H2,1-2H3,(H,19,21). The Morgan fingerprint density at radius 3 is 2.95 bits per heavy atom. The Hall–Kier alpha value is -1.95. The maximum absolute atomic E-state index is 12.7. The third-order valence-electron chi connectivity index (χ3n) is 4.52. The monoisotopic (exact) mass is 302 g/mol. The Labute approximate surface area is 129 Å². The Morgan fingerprint density at radius 1 is 1.41 bits per heavy atom. The lowest BCUT2D eigenvalue weighted by Crippen LogP contribution is -2.44. The number of pyridine rings is 1. The summed E-state index contributed by atoms with van der Waals surface area (Å²) in [7, 11) is 0. The number of hydrogen-bond acceptors (Lipinski definition) is 5. The zero-order chi connectivity index (χ0) is 15.7. The molecule has 1 aliphatic rings. The highest BCUT2D eigenvalue weighted by Crippen LogP contribution is 2.26. The van der Waals surface area contributed by atoms with Gasteiger partial charge in [0.1, 0.15) is 0 Å². The van der Waals surface area contributed by atoms with Gasteiger partial charge in [0, 0.05) is 11.7 Å². The van der Waals surface area contributed by atoms with E-state index in [1.54, 1.807) is 6.07 Å². The molecule has 0 bridgehead atoms. The number of amides is 1. The Kier molecular flexibility index (Phi) is 4.11. The predicted molar refractivity (Wildman–Crippen MR) is 83.5 cm³/mol. The second-order valence-electron chi connectivity index (χ2n) is 6.12. The molecule has 0 aromatic carbocycles. The van der Waals surface area contributed by atoms with Gasteiger partial charge in [-0.3, -0.25) is 4.79 Å². The molecule has 3 rings (SSSR count). The minimum Gasteiger partial charge on any atom is -0.349 e. The quantitative estimate of drug-likeness (QED) is 0.905. The number of fused-ring (bicyclic) bond motifs is 1. The molecule has 1 saturated carbocycles. The van der Waals surface area contributed by atoms with E-state index in [9.17, 15) is 4.79 Å². The maximum Gasteiger partial charge on any atom is 0.258 e. The molecule has 0 spiro atoms. The summed E-state index contributed by atoms with van der Waals surface area (Å²) in [6.07, 6.45) is 4.40.